The number of alkyl halides is 2. The molecule has 0 atom stereocenters. The van der Waals surface area contributed by atoms with Crippen LogP contribution in [0.2, 0.25) is 0 Å². The zero-order valence-corrected chi connectivity index (χ0v) is 31.3. The van der Waals surface area contributed by atoms with Gasteiger partial charge in [-0.2, -0.15) is 13.2 Å². The highest BCUT2D eigenvalue weighted by Crippen LogP contribution is 2.53. The highest BCUT2D eigenvalue weighted by Gasteiger charge is 2.49. The molecule has 294 valence electrons. The second-order valence-corrected chi connectivity index (χ2v) is 14.3. The molecule has 0 spiro atoms. The second-order valence-electron chi connectivity index (χ2n) is 14.3. The lowest BCUT2D eigenvalue weighted by molar-refractivity contribution is 0.0402. The Labute approximate surface area is 321 Å². The summed E-state index contributed by atoms with van der Waals surface area (Å²) in [6.45, 7) is 9.00. The molecule has 9 rings (SSSR count). The number of fused-ring (bicyclic) bond motifs is 7. The van der Waals surface area contributed by atoms with Gasteiger partial charge in [0.1, 0.15) is 29.0 Å². The van der Waals surface area contributed by atoms with Gasteiger partial charge in [-0.25, -0.2) is 30.7 Å². The predicted octanol–water partition coefficient (Wildman–Crippen LogP) is 13.5. The molecular weight excluding hydrogens is 762 g/mol. The van der Waals surface area contributed by atoms with Gasteiger partial charge in [0, 0.05) is 35.1 Å². The average molecular weight is 795 g/mol. The molecule has 0 amide bonds. The minimum atomic E-state index is -3.63. The largest absolute Gasteiger partial charge is 0.457 e. The third-order valence-corrected chi connectivity index (χ3v) is 10.4. The summed E-state index contributed by atoms with van der Waals surface area (Å²) in [4.78, 5) is 0. The standard InChI is InChI=1S/C15H10F4.2C15H11F3O/c1-7-3-5-9-10-6-4-8(2)14(17)12(10)15(18,19)11(9)13(7)16;1-7-3-4-11-9(13(7)16)6-10-12(19-11)5-8(2)14(17)15(10)18;1-7-3-4-9-6-10-5-8(2)11(16)13(18)15(10)19-14(9)12(7)17/h3-6H,1-2H3;2*3-5H,6H2,1-2H3. The first-order valence-corrected chi connectivity index (χ1v) is 17.7. The van der Waals surface area contributed by atoms with Gasteiger partial charge in [-0.1, -0.05) is 42.5 Å². The molecule has 2 aliphatic heterocycles. The Balaban J connectivity index is 0.000000131. The third-order valence-electron chi connectivity index (χ3n) is 10.4. The Morgan fingerprint density at radius 2 is 0.877 bits per heavy atom. The van der Waals surface area contributed by atoms with Crippen LogP contribution in [-0.4, -0.2) is 0 Å². The first kappa shape index (κ1) is 39.5. The Morgan fingerprint density at radius 1 is 0.404 bits per heavy atom. The summed E-state index contributed by atoms with van der Waals surface area (Å²) in [7, 11) is 0. The van der Waals surface area contributed by atoms with E-state index in [4.69, 9.17) is 9.47 Å². The molecule has 6 aromatic carbocycles. The third kappa shape index (κ3) is 6.48. The van der Waals surface area contributed by atoms with Crippen molar-refractivity contribution in [2.24, 2.45) is 0 Å². The van der Waals surface area contributed by atoms with Crippen LogP contribution in [0.4, 0.5) is 43.9 Å². The topological polar surface area (TPSA) is 18.5 Å². The molecular formula is C45H32F10O2. The fourth-order valence-electron chi connectivity index (χ4n) is 7.14. The summed E-state index contributed by atoms with van der Waals surface area (Å²) in [6, 6.07) is 15.3. The van der Waals surface area contributed by atoms with E-state index in [2.05, 4.69) is 0 Å². The van der Waals surface area contributed by atoms with Gasteiger partial charge in [-0.15, -0.1) is 0 Å². The van der Waals surface area contributed by atoms with Crippen molar-refractivity contribution in [3.05, 3.63) is 174 Å². The van der Waals surface area contributed by atoms with E-state index in [9.17, 15) is 43.9 Å². The van der Waals surface area contributed by atoms with Gasteiger partial charge >= 0.3 is 5.92 Å². The molecule has 2 heterocycles. The van der Waals surface area contributed by atoms with Crippen molar-refractivity contribution in [1.29, 1.82) is 0 Å². The fourth-order valence-corrected chi connectivity index (χ4v) is 7.14. The molecule has 0 saturated carbocycles. The molecule has 0 fully saturated rings. The van der Waals surface area contributed by atoms with Crippen molar-refractivity contribution in [3.63, 3.8) is 0 Å². The maximum Gasteiger partial charge on any atom is 0.305 e. The van der Waals surface area contributed by atoms with Gasteiger partial charge in [-0.05, 0) is 104 Å². The summed E-state index contributed by atoms with van der Waals surface area (Å²) in [6.07, 6.45) is 0.334. The molecule has 12 heteroatoms. The molecule has 0 unspecified atom stereocenters. The number of aryl methyl sites for hydroxylation is 6. The van der Waals surface area contributed by atoms with Crippen LogP contribution in [0, 0.1) is 88.1 Å². The van der Waals surface area contributed by atoms with Gasteiger partial charge in [0.2, 0.25) is 5.82 Å². The summed E-state index contributed by atoms with van der Waals surface area (Å²) in [5.41, 5.74) is 1.75. The van der Waals surface area contributed by atoms with Gasteiger partial charge in [-0.3, -0.25) is 0 Å². The van der Waals surface area contributed by atoms with E-state index in [0.29, 0.717) is 34.4 Å². The van der Waals surface area contributed by atoms with E-state index >= 15 is 0 Å². The average Bonchev–Trinajstić information content (AvgIpc) is 3.42. The molecule has 0 radical (unpaired) electrons. The highest BCUT2D eigenvalue weighted by molar-refractivity contribution is 5.80. The lowest BCUT2D eigenvalue weighted by Crippen LogP contribution is -2.16. The van der Waals surface area contributed by atoms with Crippen molar-refractivity contribution in [2.45, 2.75) is 60.3 Å². The van der Waals surface area contributed by atoms with E-state index in [1.54, 1.807) is 38.1 Å². The number of halogens is 10. The van der Waals surface area contributed by atoms with Crippen LogP contribution in [0.3, 0.4) is 0 Å². The molecule has 0 saturated heterocycles. The van der Waals surface area contributed by atoms with E-state index in [1.807, 2.05) is 0 Å². The maximum absolute atomic E-state index is 14.3. The van der Waals surface area contributed by atoms with Crippen molar-refractivity contribution < 1.29 is 53.4 Å². The van der Waals surface area contributed by atoms with Crippen LogP contribution in [0.15, 0.2) is 60.7 Å². The molecule has 0 aromatic heterocycles. The lowest BCUT2D eigenvalue weighted by atomic mass is 9.96. The molecule has 2 nitrogen and oxygen atoms in total. The van der Waals surface area contributed by atoms with Crippen LogP contribution < -0.4 is 9.47 Å². The molecule has 0 N–H and O–H groups in total. The second kappa shape index (κ2) is 14.3. The highest BCUT2D eigenvalue weighted by atomic mass is 19.3. The van der Waals surface area contributed by atoms with Crippen molar-refractivity contribution in [1.82, 2.24) is 0 Å². The Morgan fingerprint density at radius 3 is 1.49 bits per heavy atom. The number of rotatable bonds is 0. The van der Waals surface area contributed by atoms with Gasteiger partial charge < -0.3 is 9.47 Å². The van der Waals surface area contributed by atoms with Crippen LogP contribution in [0.1, 0.15) is 66.8 Å². The number of hydrogen-bond donors (Lipinski definition) is 0. The number of ether oxygens (including phenoxy) is 2. The van der Waals surface area contributed by atoms with Crippen molar-refractivity contribution in [2.75, 3.05) is 0 Å². The molecule has 3 aliphatic rings. The van der Waals surface area contributed by atoms with E-state index in [-0.39, 0.29) is 68.2 Å². The van der Waals surface area contributed by atoms with Crippen LogP contribution in [0.5, 0.6) is 23.0 Å². The summed E-state index contributed by atoms with van der Waals surface area (Å²) < 4.78 is 150. The van der Waals surface area contributed by atoms with Crippen LogP contribution >= 0.6 is 0 Å². The van der Waals surface area contributed by atoms with Crippen LogP contribution in [-0.2, 0) is 18.8 Å². The monoisotopic (exact) mass is 794 g/mol. The van der Waals surface area contributed by atoms with E-state index in [0.717, 1.165) is 0 Å². The molecule has 57 heavy (non-hydrogen) atoms. The van der Waals surface area contributed by atoms with Gasteiger partial charge in [0.15, 0.2) is 34.8 Å². The van der Waals surface area contributed by atoms with Crippen molar-refractivity contribution >= 4 is 0 Å². The minimum Gasteiger partial charge on any atom is -0.457 e. The zero-order valence-electron chi connectivity index (χ0n) is 31.3. The molecule has 6 aromatic rings. The summed E-state index contributed by atoms with van der Waals surface area (Å²) >= 11 is 0. The quantitative estimate of drug-likeness (QED) is 0.142. The minimum absolute atomic E-state index is 0.00120. The number of benzene rings is 6. The van der Waals surface area contributed by atoms with Gasteiger partial charge in [0.05, 0.1) is 11.1 Å². The summed E-state index contributed by atoms with van der Waals surface area (Å²) in [5, 5.41) is 0. The first-order valence-electron chi connectivity index (χ1n) is 17.7. The normalized spacial score (nSPS) is 13.5. The van der Waals surface area contributed by atoms with E-state index in [1.165, 1.54) is 64.1 Å². The smallest absolute Gasteiger partial charge is 0.305 e. The Kier molecular flexibility index (Phi) is 9.90. The van der Waals surface area contributed by atoms with E-state index < -0.39 is 63.6 Å². The molecule has 0 bridgehead atoms. The lowest BCUT2D eigenvalue weighted by Gasteiger charge is -2.22. The number of hydrogen-bond acceptors (Lipinski definition) is 2. The molecule has 1 aliphatic carbocycles. The predicted molar refractivity (Wildman–Crippen MR) is 194 cm³/mol. The SMILES string of the molecule is Cc1cc2c(c(F)c1F)Cc1c(ccc(C)c1F)O2.Cc1cc2c(c(F)c1F)Oc1c(ccc(C)c1F)C2.Cc1ccc2c(c1F)C(F)(F)c1c-2ccc(C)c1F. The Hall–Kier alpha value is -5.78. The first-order chi connectivity index (χ1) is 26.8. The fraction of sp³-hybridized carbons (Fsp3) is 0.200. The van der Waals surface area contributed by atoms with Crippen LogP contribution in [0.25, 0.3) is 11.1 Å². The summed E-state index contributed by atoms with van der Waals surface area (Å²) in [5.74, 6) is -9.96. The van der Waals surface area contributed by atoms with Crippen molar-refractivity contribution in [3.8, 4) is 34.1 Å². The van der Waals surface area contributed by atoms with Gasteiger partial charge in [0.25, 0.3) is 0 Å². The maximum atomic E-state index is 14.3. The Bertz CT molecular complexity index is 2490. The zero-order chi connectivity index (χ0) is 41.4.